The fraction of sp³-hybridized carbons (Fsp3) is 0. The molecule has 1 aliphatic rings. The van der Waals surface area contributed by atoms with E-state index in [-0.39, 0.29) is 0 Å². The van der Waals surface area contributed by atoms with Crippen LogP contribution in [0.25, 0.3) is 94.7 Å². The average molecular weight is 693 g/mol. The number of hydrogen-bond donors (Lipinski definition) is 0. The maximum atomic E-state index is 6.42. The molecular weight excluding hydrogens is 661 g/mol. The fourth-order valence-corrected chi connectivity index (χ4v) is 7.66. The minimum Gasteiger partial charge on any atom is -0.456 e. The number of ether oxygens (including phenoxy) is 1. The zero-order valence-corrected chi connectivity index (χ0v) is 29.3. The predicted molar refractivity (Wildman–Crippen MR) is 222 cm³/mol. The summed E-state index contributed by atoms with van der Waals surface area (Å²) in [5.41, 5.74) is 10.3. The lowest BCUT2D eigenvalue weighted by Gasteiger charge is -2.22. The van der Waals surface area contributed by atoms with Crippen LogP contribution in [0.5, 0.6) is 11.5 Å². The van der Waals surface area contributed by atoms with Gasteiger partial charge < -0.3 is 9.30 Å². The van der Waals surface area contributed by atoms with Crippen LogP contribution in [-0.2, 0) is 0 Å². The van der Waals surface area contributed by atoms with Gasteiger partial charge in [0.25, 0.3) is 0 Å². The molecule has 0 spiro atoms. The van der Waals surface area contributed by atoms with E-state index in [1.165, 1.54) is 10.9 Å². The Balaban J connectivity index is 1.17. The van der Waals surface area contributed by atoms with Crippen molar-refractivity contribution >= 4 is 38.3 Å². The summed E-state index contributed by atoms with van der Waals surface area (Å²) in [6.45, 7) is 8.14. The zero-order chi connectivity index (χ0) is 36.2. The second kappa shape index (κ2) is 12.7. The van der Waals surface area contributed by atoms with Gasteiger partial charge in [-0.3, -0.25) is 0 Å². The Hall–Kier alpha value is -7.37. The number of allylic oxidation sites excluding steroid dienone is 4. The number of hydrogen-bond acceptors (Lipinski definition) is 4. The van der Waals surface area contributed by atoms with E-state index >= 15 is 0 Å². The highest BCUT2D eigenvalue weighted by Gasteiger charge is 2.21. The van der Waals surface area contributed by atoms with Crippen molar-refractivity contribution in [1.82, 2.24) is 19.5 Å². The molecule has 254 valence electrons. The maximum Gasteiger partial charge on any atom is 0.164 e. The molecule has 0 saturated carbocycles. The third kappa shape index (κ3) is 5.13. The summed E-state index contributed by atoms with van der Waals surface area (Å²) in [5, 5.41) is 4.49. The van der Waals surface area contributed by atoms with Crippen molar-refractivity contribution in [1.29, 1.82) is 0 Å². The molecule has 0 atom stereocenters. The Kier molecular flexibility index (Phi) is 7.37. The standard InChI is InChI=1S/C49H32N4O/c1-3-13-37(4-2)53-42-25-22-34(35-24-27-44-41(29-35)38-20-11-18-31-19-12-21-45(54-44)46(31)38)28-39(42)40-30-36(23-26-43(40)53)49-51-47(32-14-7-5-8-15-32)50-48(52-49)33-16-9-6-10-17-33/h3-30H,1-2H2/b37-13+. The molecule has 3 heterocycles. The third-order valence-corrected chi connectivity index (χ3v) is 10.2. The van der Waals surface area contributed by atoms with E-state index < -0.39 is 0 Å². The van der Waals surface area contributed by atoms with Gasteiger partial charge in [0, 0.05) is 44.1 Å². The molecule has 5 nitrogen and oxygen atoms in total. The number of fused-ring (bicyclic) bond motifs is 5. The van der Waals surface area contributed by atoms with Gasteiger partial charge in [0.2, 0.25) is 0 Å². The molecular formula is C49H32N4O. The maximum absolute atomic E-state index is 6.42. The molecule has 0 saturated heterocycles. The van der Waals surface area contributed by atoms with Gasteiger partial charge in [-0.15, -0.1) is 0 Å². The van der Waals surface area contributed by atoms with Gasteiger partial charge in [-0.1, -0.05) is 122 Å². The Bertz CT molecular complexity index is 2930. The molecule has 9 aromatic rings. The molecule has 0 unspecified atom stereocenters. The lowest BCUT2D eigenvalue weighted by atomic mass is 9.92. The van der Waals surface area contributed by atoms with Crippen molar-refractivity contribution < 1.29 is 4.74 Å². The highest BCUT2D eigenvalue weighted by atomic mass is 16.5. The van der Waals surface area contributed by atoms with Crippen molar-refractivity contribution in [2.24, 2.45) is 0 Å². The van der Waals surface area contributed by atoms with Crippen LogP contribution in [0.3, 0.4) is 0 Å². The van der Waals surface area contributed by atoms with Gasteiger partial charge in [-0.2, -0.15) is 0 Å². The summed E-state index contributed by atoms with van der Waals surface area (Å²) in [4.78, 5) is 15.0. The number of benzene rings is 7. The molecule has 0 N–H and O–H groups in total. The van der Waals surface area contributed by atoms with Gasteiger partial charge in [-0.05, 0) is 82.8 Å². The monoisotopic (exact) mass is 692 g/mol. The van der Waals surface area contributed by atoms with Gasteiger partial charge >= 0.3 is 0 Å². The van der Waals surface area contributed by atoms with Gasteiger partial charge in [0.15, 0.2) is 17.5 Å². The van der Waals surface area contributed by atoms with Crippen molar-refractivity contribution in [3.63, 3.8) is 0 Å². The number of aromatic nitrogens is 4. The summed E-state index contributed by atoms with van der Waals surface area (Å²) < 4.78 is 8.66. The van der Waals surface area contributed by atoms with Crippen molar-refractivity contribution in [2.75, 3.05) is 0 Å². The van der Waals surface area contributed by atoms with Crippen LogP contribution in [0.1, 0.15) is 0 Å². The summed E-state index contributed by atoms with van der Waals surface area (Å²) in [7, 11) is 0. The average Bonchev–Trinajstić information content (AvgIpc) is 3.56. The van der Waals surface area contributed by atoms with Crippen molar-refractivity contribution in [3.05, 3.63) is 183 Å². The molecule has 0 amide bonds. The van der Waals surface area contributed by atoms with E-state index in [0.717, 1.165) is 77.8 Å². The van der Waals surface area contributed by atoms with Crippen LogP contribution < -0.4 is 4.74 Å². The Morgan fingerprint density at radius 1 is 0.500 bits per heavy atom. The summed E-state index contributed by atoms with van der Waals surface area (Å²) in [6.07, 6.45) is 5.65. The lowest BCUT2D eigenvalue weighted by molar-refractivity contribution is 0.487. The largest absolute Gasteiger partial charge is 0.456 e. The zero-order valence-electron chi connectivity index (χ0n) is 29.3. The van der Waals surface area contributed by atoms with E-state index in [0.29, 0.717) is 17.5 Å². The van der Waals surface area contributed by atoms with E-state index in [1.807, 2.05) is 84.9 Å². The van der Waals surface area contributed by atoms with Crippen LogP contribution in [-0.4, -0.2) is 19.5 Å². The molecule has 10 rings (SSSR count). The third-order valence-electron chi connectivity index (χ3n) is 10.2. The number of nitrogens with zero attached hydrogens (tertiary/aromatic N) is 4. The number of rotatable bonds is 7. The highest BCUT2D eigenvalue weighted by Crippen LogP contribution is 2.48. The summed E-state index contributed by atoms with van der Waals surface area (Å²) in [6, 6.07) is 52.4. The van der Waals surface area contributed by atoms with E-state index in [2.05, 4.69) is 96.6 Å². The molecule has 1 aliphatic heterocycles. The molecule has 0 radical (unpaired) electrons. The molecule has 7 aromatic carbocycles. The van der Waals surface area contributed by atoms with Crippen molar-refractivity contribution in [2.45, 2.75) is 0 Å². The van der Waals surface area contributed by atoms with Crippen LogP contribution in [0.15, 0.2) is 183 Å². The molecule has 54 heavy (non-hydrogen) atoms. The first-order chi connectivity index (χ1) is 26.7. The molecule has 2 aromatic heterocycles. The molecule has 5 heteroatoms. The molecule has 0 fully saturated rings. The fourth-order valence-electron chi connectivity index (χ4n) is 7.66. The van der Waals surface area contributed by atoms with Gasteiger partial charge in [0.05, 0.1) is 11.0 Å². The van der Waals surface area contributed by atoms with E-state index in [4.69, 9.17) is 19.7 Å². The second-order valence-electron chi connectivity index (χ2n) is 13.3. The van der Waals surface area contributed by atoms with Gasteiger partial charge in [-0.25, -0.2) is 15.0 Å². The van der Waals surface area contributed by atoms with Crippen LogP contribution in [0.2, 0.25) is 0 Å². The Labute approximate surface area is 312 Å². The Morgan fingerprint density at radius 3 is 1.72 bits per heavy atom. The molecule has 0 bridgehead atoms. The normalized spacial score (nSPS) is 12.1. The topological polar surface area (TPSA) is 52.8 Å². The van der Waals surface area contributed by atoms with Crippen molar-refractivity contribution in [3.8, 4) is 67.9 Å². The SMILES string of the molecule is C=C/C=C(\C=C)n1c2ccc(-c3ccc4c(c3)-c3cccc5cccc(c35)O4)cc2c2cc(-c3nc(-c4ccccc4)nc(-c4ccccc4)n3)ccc21. The smallest absolute Gasteiger partial charge is 0.164 e. The minimum atomic E-state index is 0.608. The van der Waals surface area contributed by atoms with Crippen LogP contribution in [0.4, 0.5) is 0 Å². The summed E-state index contributed by atoms with van der Waals surface area (Å²) >= 11 is 0. The summed E-state index contributed by atoms with van der Waals surface area (Å²) in [5.74, 6) is 3.61. The first kappa shape index (κ1) is 31.4. The van der Waals surface area contributed by atoms with E-state index in [1.54, 1.807) is 6.08 Å². The quantitative estimate of drug-likeness (QED) is 0.156. The highest BCUT2D eigenvalue weighted by molar-refractivity contribution is 6.13. The van der Waals surface area contributed by atoms with Gasteiger partial charge in [0.1, 0.15) is 11.5 Å². The Morgan fingerprint density at radius 2 is 1.07 bits per heavy atom. The predicted octanol–water partition coefficient (Wildman–Crippen LogP) is 12.8. The minimum absolute atomic E-state index is 0.608. The first-order valence-electron chi connectivity index (χ1n) is 17.9. The van der Waals surface area contributed by atoms with Crippen LogP contribution >= 0.6 is 0 Å². The first-order valence-corrected chi connectivity index (χ1v) is 17.9. The molecule has 0 aliphatic carbocycles. The second-order valence-corrected chi connectivity index (χ2v) is 13.3. The van der Waals surface area contributed by atoms with E-state index in [9.17, 15) is 0 Å². The van der Waals surface area contributed by atoms with Crippen LogP contribution in [0, 0.1) is 0 Å². The lowest BCUT2D eigenvalue weighted by Crippen LogP contribution is -2.00.